The number of ether oxygens (including phenoxy) is 2. The Balaban J connectivity index is 1.58. The van der Waals surface area contributed by atoms with Gasteiger partial charge in [-0.05, 0) is 30.7 Å². The highest BCUT2D eigenvalue weighted by Crippen LogP contribution is 2.31. The molecule has 1 heterocycles. The average molecular weight is 390 g/mol. The van der Waals surface area contributed by atoms with Gasteiger partial charge in [0.15, 0.2) is 11.5 Å². The van der Waals surface area contributed by atoms with Crippen LogP contribution in [0.3, 0.4) is 0 Å². The van der Waals surface area contributed by atoms with Crippen molar-refractivity contribution < 1.29 is 22.7 Å². The minimum Gasteiger partial charge on any atom is -0.490 e. The standard InChI is InChI=1S/C19H22N2O5S/c1-14-5-2-3-6-16(14)21-19(22)9-10-20-27(23,24)15-7-8-17-18(13-15)26-12-4-11-25-17/h2-3,5-8,13,20H,4,9-12H2,1H3,(H,21,22). The summed E-state index contributed by atoms with van der Waals surface area (Å²) in [7, 11) is -3.75. The van der Waals surface area contributed by atoms with Gasteiger partial charge in [0.25, 0.3) is 0 Å². The lowest BCUT2D eigenvalue weighted by Crippen LogP contribution is -2.28. The molecule has 7 nitrogen and oxygen atoms in total. The van der Waals surface area contributed by atoms with Crippen LogP contribution in [-0.2, 0) is 14.8 Å². The maximum absolute atomic E-state index is 12.5. The van der Waals surface area contributed by atoms with Crippen LogP contribution in [0.2, 0.25) is 0 Å². The summed E-state index contributed by atoms with van der Waals surface area (Å²) in [5.41, 5.74) is 1.66. The molecule has 0 aliphatic carbocycles. The van der Waals surface area contributed by atoms with Gasteiger partial charge in [-0.2, -0.15) is 0 Å². The van der Waals surface area contributed by atoms with E-state index in [0.717, 1.165) is 12.0 Å². The summed E-state index contributed by atoms with van der Waals surface area (Å²) in [6, 6.07) is 11.9. The Morgan fingerprint density at radius 3 is 2.59 bits per heavy atom. The molecule has 2 N–H and O–H groups in total. The molecule has 27 heavy (non-hydrogen) atoms. The lowest BCUT2D eigenvalue weighted by molar-refractivity contribution is -0.116. The summed E-state index contributed by atoms with van der Waals surface area (Å²) in [5.74, 6) is 0.683. The molecule has 3 rings (SSSR count). The van der Waals surface area contributed by atoms with Crippen LogP contribution in [0.25, 0.3) is 0 Å². The molecule has 0 bridgehead atoms. The van der Waals surface area contributed by atoms with Crippen LogP contribution in [0, 0.1) is 6.92 Å². The largest absolute Gasteiger partial charge is 0.490 e. The van der Waals surface area contributed by atoms with Gasteiger partial charge in [0.1, 0.15) is 0 Å². The Hall–Kier alpha value is -2.58. The van der Waals surface area contributed by atoms with Gasteiger partial charge in [-0.25, -0.2) is 13.1 Å². The second-order valence-corrected chi connectivity index (χ2v) is 7.94. The second-order valence-electron chi connectivity index (χ2n) is 6.17. The maximum Gasteiger partial charge on any atom is 0.240 e. The highest BCUT2D eigenvalue weighted by atomic mass is 32.2. The van der Waals surface area contributed by atoms with Crippen LogP contribution in [0.5, 0.6) is 11.5 Å². The molecule has 1 aliphatic rings. The van der Waals surface area contributed by atoms with Crippen molar-refractivity contribution in [3.63, 3.8) is 0 Å². The van der Waals surface area contributed by atoms with E-state index in [1.807, 2.05) is 25.1 Å². The van der Waals surface area contributed by atoms with Gasteiger partial charge >= 0.3 is 0 Å². The van der Waals surface area contributed by atoms with E-state index in [9.17, 15) is 13.2 Å². The molecule has 2 aromatic carbocycles. The lowest BCUT2D eigenvalue weighted by atomic mass is 10.2. The lowest BCUT2D eigenvalue weighted by Gasteiger charge is -2.11. The third kappa shape index (κ3) is 4.99. The molecule has 0 unspecified atom stereocenters. The first kappa shape index (κ1) is 19.2. The molecule has 0 fully saturated rings. The SMILES string of the molecule is Cc1ccccc1NC(=O)CCNS(=O)(=O)c1ccc2c(c1)OCCCO2. The van der Waals surface area contributed by atoms with E-state index < -0.39 is 10.0 Å². The maximum atomic E-state index is 12.5. The van der Waals surface area contributed by atoms with E-state index in [2.05, 4.69) is 10.0 Å². The van der Waals surface area contributed by atoms with Gasteiger partial charge in [-0.3, -0.25) is 4.79 Å². The third-order valence-corrected chi connectivity index (χ3v) is 5.55. The summed E-state index contributed by atoms with van der Waals surface area (Å²) in [5, 5.41) is 2.77. The molecular formula is C19H22N2O5S. The van der Waals surface area contributed by atoms with Gasteiger partial charge in [0, 0.05) is 31.1 Å². The van der Waals surface area contributed by atoms with Crippen LogP contribution < -0.4 is 19.5 Å². The molecule has 0 spiro atoms. The number of nitrogens with one attached hydrogen (secondary N) is 2. The van der Waals surface area contributed by atoms with E-state index in [1.165, 1.54) is 12.1 Å². The topological polar surface area (TPSA) is 93.7 Å². The van der Waals surface area contributed by atoms with E-state index in [1.54, 1.807) is 12.1 Å². The number of benzene rings is 2. The van der Waals surface area contributed by atoms with Crippen molar-refractivity contribution in [3.05, 3.63) is 48.0 Å². The summed E-state index contributed by atoms with van der Waals surface area (Å²) < 4.78 is 38.4. The van der Waals surface area contributed by atoms with Crippen LogP contribution in [-0.4, -0.2) is 34.1 Å². The average Bonchev–Trinajstić information content (AvgIpc) is 2.88. The number of anilines is 1. The van der Waals surface area contributed by atoms with Crippen molar-refractivity contribution >= 4 is 21.6 Å². The first-order valence-electron chi connectivity index (χ1n) is 8.70. The molecule has 0 radical (unpaired) electrons. The Morgan fingerprint density at radius 1 is 1.07 bits per heavy atom. The molecule has 144 valence electrons. The summed E-state index contributed by atoms with van der Waals surface area (Å²) in [6.45, 7) is 2.90. The zero-order chi connectivity index (χ0) is 19.3. The molecule has 2 aromatic rings. The number of rotatable bonds is 6. The highest BCUT2D eigenvalue weighted by Gasteiger charge is 2.19. The van der Waals surface area contributed by atoms with E-state index in [4.69, 9.17) is 9.47 Å². The first-order chi connectivity index (χ1) is 13.0. The van der Waals surface area contributed by atoms with Crippen LogP contribution >= 0.6 is 0 Å². The van der Waals surface area contributed by atoms with Gasteiger partial charge in [-0.15, -0.1) is 0 Å². The predicted octanol–water partition coefficient (Wildman–Crippen LogP) is 2.46. The van der Waals surface area contributed by atoms with Gasteiger partial charge in [0.05, 0.1) is 18.1 Å². The zero-order valence-electron chi connectivity index (χ0n) is 15.0. The van der Waals surface area contributed by atoms with Crippen LogP contribution in [0.1, 0.15) is 18.4 Å². The normalized spacial score (nSPS) is 13.7. The number of amides is 1. The number of fused-ring (bicyclic) bond motifs is 1. The minimum atomic E-state index is -3.75. The Kier molecular flexibility index (Phi) is 5.98. The number of carbonyl (C=O) groups is 1. The van der Waals surface area contributed by atoms with Crippen LogP contribution in [0.15, 0.2) is 47.4 Å². The molecular weight excluding hydrogens is 368 g/mol. The minimum absolute atomic E-state index is 0.00547. The van der Waals surface area contributed by atoms with Crippen LogP contribution in [0.4, 0.5) is 5.69 Å². The summed E-state index contributed by atoms with van der Waals surface area (Å²) in [4.78, 5) is 12.1. The van der Waals surface area contributed by atoms with E-state index >= 15 is 0 Å². The highest BCUT2D eigenvalue weighted by molar-refractivity contribution is 7.89. The van der Waals surface area contributed by atoms with Crippen molar-refractivity contribution in [1.82, 2.24) is 4.72 Å². The van der Waals surface area contributed by atoms with E-state index in [0.29, 0.717) is 30.4 Å². The Bertz CT molecular complexity index is 927. The fourth-order valence-electron chi connectivity index (χ4n) is 2.62. The Labute approximate surface area is 158 Å². The number of para-hydroxylation sites is 1. The Morgan fingerprint density at radius 2 is 1.81 bits per heavy atom. The molecule has 8 heteroatoms. The first-order valence-corrected chi connectivity index (χ1v) is 10.2. The molecule has 1 aliphatic heterocycles. The number of hydrogen-bond donors (Lipinski definition) is 2. The monoisotopic (exact) mass is 390 g/mol. The smallest absolute Gasteiger partial charge is 0.240 e. The quantitative estimate of drug-likeness (QED) is 0.790. The zero-order valence-corrected chi connectivity index (χ0v) is 15.8. The number of hydrogen-bond acceptors (Lipinski definition) is 5. The van der Waals surface area contributed by atoms with Crippen molar-refractivity contribution in [1.29, 1.82) is 0 Å². The van der Waals surface area contributed by atoms with Crippen molar-refractivity contribution in [2.75, 3.05) is 25.1 Å². The molecule has 0 saturated carbocycles. The third-order valence-electron chi connectivity index (χ3n) is 4.09. The summed E-state index contributed by atoms with van der Waals surface area (Å²) in [6.07, 6.45) is 0.767. The van der Waals surface area contributed by atoms with E-state index in [-0.39, 0.29) is 23.8 Å². The van der Waals surface area contributed by atoms with Crippen molar-refractivity contribution in [2.24, 2.45) is 0 Å². The number of aryl methyl sites for hydroxylation is 1. The molecule has 0 saturated heterocycles. The van der Waals surface area contributed by atoms with Gasteiger partial charge < -0.3 is 14.8 Å². The fraction of sp³-hybridized carbons (Fsp3) is 0.316. The predicted molar refractivity (Wildman–Crippen MR) is 102 cm³/mol. The van der Waals surface area contributed by atoms with Gasteiger partial charge in [-0.1, -0.05) is 18.2 Å². The molecule has 1 amide bonds. The second kappa shape index (κ2) is 8.41. The number of carbonyl (C=O) groups excluding carboxylic acids is 1. The van der Waals surface area contributed by atoms with Gasteiger partial charge in [0.2, 0.25) is 15.9 Å². The molecule has 0 atom stereocenters. The van der Waals surface area contributed by atoms with Crippen molar-refractivity contribution in [2.45, 2.75) is 24.7 Å². The van der Waals surface area contributed by atoms with Crippen molar-refractivity contribution in [3.8, 4) is 11.5 Å². The molecule has 0 aromatic heterocycles. The summed E-state index contributed by atoms with van der Waals surface area (Å²) >= 11 is 0. The fourth-order valence-corrected chi connectivity index (χ4v) is 3.67. The number of sulfonamides is 1.